The summed E-state index contributed by atoms with van der Waals surface area (Å²) in [5.74, 6) is 0.475. The SMILES string of the molecule is CC(C)(C)C(O)=CC(=O)C1CCCCC1. The van der Waals surface area contributed by atoms with Gasteiger partial charge in [0, 0.05) is 17.4 Å². The summed E-state index contributed by atoms with van der Waals surface area (Å²) >= 11 is 0. The zero-order chi connectivity index (χ0) is 11.5. The molecule has 1 saturated carbocycles. The standard InChI is InChI=1S/C13H22O2/c1-13(2,3)12(15)9-11(14)10-7-5-4-6-8-10/h9-10,15H,4-8H2,1-3H3. The van der Waals surface area contributed by atoms with Crippen LogP contribution in [0.15, 0.2) is 11.8 Å². The lowest BCUT2D eigenvalue weighted by Gasteiger charge is -2.21. The normalized spacial score (nSPS) is 20.3. The van der Waals surface area contributed by atoms with E-state index in [0.717, 1.165) is 25.7 Å². The molecular weight excluding hydrogens is 188 g/mol. The first kappa shape index (κ1) is 12.3. The molecule has 1 aliphatic rings. The average molecular weight is 210 g/mol. The van der Waals surface area contributed by atoms with Crippen LogP contribution in [0.3, 0.4) is 0 Å². The first-order valence-corrected chi connectivity index (χ1v) is 5.86. The molecule has 1 rings (SSSR count). The highest BCUT2D eigenvalue weighted by Gasteiger charge is 2.22. The van der Waals surface area contributed by atoms with Crippen molar-refractivity contribution in [3.63, 3.8) is 0 Å². The largest absolute Gasteiger partial charge is 0.512 e. The van der Waals surface area contributed by atoms with Crippen molar-refractivity contribution in [2.75, 3.05) is 0 Å². The summed E-state index contributed by atoms with van der Waals surface area (Å²) in [6.45, 7) is 5.73. The molecule has 86 valence electrons. The Bertz CT molecular complexity index is 252. The van der Waals surface area contributed by atoms with Crippen LogP contribution in [0.4, 0.5) is 0 Å². The van der Waals surface area contributed by atoms with E-state index in [4.69, 9.17) is 0 Å². The lowest BCUT2D eigenvalue weighted by molar-refractivity contribution is -0.119. The molecule has 0 bridgehead atoms. The Morgan fingerprint density at radius 2 is 1.73 bits per heavy atom. The van der Waals surface area contributed by atoms with E-state index >= 15 is 0 Å². The highest BCUT2D eigenvalue weighted by atomic mass is 16.3. The van der Waals surface area contributed by atoms with Gasteiger partial charge in [0.2, 0.25) is 0 Å². The van der Waals surface area contributed by atoms with Crippen LogP contribution in [0, 0.1) is 11.3 Å². The zero-order valence-electron chi connectivity index (χ0n) is 10.0. The monoisotopic (exact) mass is 210 g/mol. The van der Waals surface area contributed by atoms with Gasteiger partial charge < -0.3 is 5.11 Å². The van der Waals surface area contributed by atoms with E-state index in [1.807, 2.05) is 20.8 Å². The summed E-state index contributed by atoms with van der Waals surface area (Å²) in [4.78, 5) is 11.8. The second kappa shape index (κ2) is 4.82. The summed E-state index contributed by atoms with van der Waals surface area (Å²) in [5, 5.41) is 9.73. The van der Waals surface area contributed by atoms with Gasteiger partial charge in [-0.05, 0) is 12.8 Å². The molecule has 0 saturated heterocycles. The number of allylic oxidation sites excluding steroid dienone is 2. The van der Waals surface area contributed by atoms with Gasteiger partial charge in [-0.15, -0.1) is 0 Å². The van der Waals surface area contributed by atoms with Crippen LogP contribution in [0.1, 0.15) is 52.9 Å². The van der Waals surface area contributed by atoms with E-state index in [1.165, 1.54) is 12.5 Å². The van der Waals surface area contributed by atoms with Gasteiger partial charge in [0.1, 0.15) is 5.76 Å². The smallest absolute Gasteiger partial charge is 0.162 e. The fourth-order valence-electron chi connectivity index (χ4n) is 1.86. The molecule has 0 atom stereocenters. The summed E-state index contributed by atoms with van der Waals surface area (Å²) in [6.07, 6.45) is 6.98. The molecule has 15 heavy (non-hydrogen) atoms. The van der Waals surface area contributed by atoms with E-state index in [0.29, 0.717) is 0 Å². The fraction of sp³-hybridized carbons (Fsp3) is 0.769. The topological polar surface area (TPSA) is 37.3 Å². The van der Waals surface area contributed by atoms with Crippen LogP contribution in [-0.4, -0.2) is 10.9 Å². The van der Waals surface area contributed by atoms with Gasteiger partial charge in [-0.2, -0.15) is 0 Å². The van der Waals surface area contributed by atoms with Gasteiger partial charge in [0.05, 0.1) is 0 Å². The maximum Gasteiger partial charge on any atom is 0.162 e. The molecule has 0 aromatic heterocycles. The Morgan fingerprint density at radius 1 is 1.20 bits per heavy atom. The van der Waals surface area contributed by atoms with E-state index < -0.39 is 0 Å². The van der Waals surface area contributed by atoms with Gasteiger partial charge in [0.15, 0.2) is 5.78 Å². The average Bonchev–Trinajstić information content (AvgIpc) is 2.17. The highest BCUT2D eigenvalue weighted by Crippen LogP contribution is 2.27. The Hall–Kier alpha value is -0.790. The van der Waals surface area contributed by atoms with Crippen molar-refractivity contribution in [2.24, 2.45) is 11.3 Å². The number of aliphatic hydroxyl groups is 1. The molecule has 1 aliphatic carbocycles. The predicted octanol–water partition coefficient (Wildman–Crippen LogP) is 3.62. The molecule has 0 aromatic carbocycles. The van der Waals surface area contributed by atoms with E-state index in [1.54, 1.807) is 0 Å². The number of aliphatic hydroxyl groups excluding tert-OH is 1. The molecule has 0 spiro atoms. The van der Waals surface area contributed by atoms with Crippen molar-refractivity contribution in [1.82, 2.24) is 0 Å². The second-order valence-corrected chi connectivity index (χ2v) is 5.52. The van der Waals surface area contributed by atoms with Crippen molar-refractivity contribution in [3.05, 3.63) is 11.8 Å². The van der Waals surface area contributed by atoms with Crippen LogP contribution in [-0.2, 0) is 4.79 Å². The first-order valence-electron chi connectivity index (χ1n) is 5.86. The van der Waals surface area contributed by atoms with Crippen LogP contribution in [0.2, 0.25) is 0 Å². The lowest BCUT2D eigenvalue weighted by atomic mass is 9.84. The van der Waals surface area contributed by atoms with Gasteiger partial charge in [-0.25, -0.2) is 0 Å². The lowest BCUT2D eigenvalue weighted by Crippen LogP contribution is -2.18. The first-order chi connectivity index (χ1) is 6.91. The maximum atomic E-state index is 11.8. The summed E-state index contributed by atoms with van der Waals surface area (Å²) in [7, 11) is 0. The van der Waals surface area contributed by atoms with Crippen molar-refractivity contribution in [1.29, 1.82) is 0 Å². The number of ketones is 1. The molecular formula is C13H22O2. The number of hydrogen-bond acceptors (Lipinski definition) is 2. The predicted molar refractivity (Wildman–Crippen MR) is 61.7 cm³/mol. The number of carbonyl (C=O) groups excluding carboxylic acids is 1. The van der Waals surface area contributed by atoms with Gasteiger partial charge in [-0.1, -0.05) is 40.0 Å². The summed E-state index contributed by atoms with van der Waals surface area (Å²) < 4.78 is 0. The minimum Gasteiger partial charge on any atom is -0.512 e. The molecule has 0 aromatic rings. The second-order valence-electron chi connectivity index (χ2n) is 5.52. The molecule has 1 N–H and O–H groups in total. The van der Waals surface area contributed by atoms with E-state index in [-0.39, 0.29) is 22.9 Å². The number of carbonyl (C=O) groups is 1. The molecule has 1 fully saturated rings. The Labute approximate surface area is 92.4 Å². The third kappa shape index (κ3) is 3.69. The van der Waals surface area contributed by atoms with E-state index in [9.17, 15) is 9.90 Å². The van der Waals surface area contributed by atoms with Gasteiger partial charge in [0.25, 0.3) is 0 Å². The Balaban J connectivity index is 2.60. The molecule has 0 amide bonds. The van der Waals surface area contributed by atoms with Crippen LogP contribution < -0.4 is 0 Å². The quantitative estimate of drug-likeness (QED) is 0.558. The molecule has 0 radical (unpaired) electrons. The van der Waals surface area contributed by atoms with Gasteiger partial charge in [-0.3, -0.25) is 4.79 Å². The third-order valence-corrected chi connectivity index (χ3v) is 3.05. The maximum absolute atomic E-state index is 11.8. The Morgan fingerprint density at radius 3 is 2.20 bits per heavy atom. The molecule has 0 unspecified atom stereocenters. The minimum atomic E-state index is -0.315. The molecule has 0 aliphatic heterocycles. The fourth-order valence-corrected chi connectivity index (χ4v) is 1.86. The molecule has 0 heterocycles. The van der Waals surface area contributed by atoms with Crippen LogP contribution in [0.25, 0.3) is 0 Å². The summed E-state index contributed by atoms with van der Waals surface area (Å²) in [6, 6.07) is 0. The van der Waals surface area contributed by atoms with Crippen molar-refractivity contribution < 1.29 is 9.90 Å². The minimum absolute atomic E-state index is 0.113. The van der Waals surface area contributed by atoms with Crippen LogP contribution >= 0.6 is 0 Å². The van der Waals surface area contributed by atoms with Crippen molar-refractivity contribution in [3.8, 4) is 0 Å². The van der Waals surface area contributed by atoms with E-state index in [2.05, 4.69) is 0 Å². The number of rotatable bonds is 2. The van der Waals surface area contributed by atoms with Crippen molar-refractivity contribution >= 4 is 5.78 Å². The Kier molecular flexibility index (Phi) is 3.95. The highest BCUT2D eigenvalue weighted by molar-refractivity contribution is 5.92. The molecule has 2 heteroatoms. The zero-order valence-corrected chi connectivity index (χ0v) is 10.0. The summed E-state index contributed by atoms with van der Waals surface area (Å²) in [5.41, 5.74) is -0.315. The van der Waals surface area contributed by atoms with Gasteiger partial charge >= 0.3 is 0 Å². The van der Waals surface area contributed by atoms with Crippen LogP contribution in [0.5, 0.6) is 0 Å². The number of hydrogen-bond donors (Lipinski definition) is 1. The molecule has 2 nitrogen and oxygen atoms in total. The van der Waals surface area contributed by atoms with Crippen molar-refractivity contribution in [2.45, 2.75) is 52.9 Å². The third-order valence-electron chi connectivity index (χ3n) is 3.05.